The Kier molecular flexibility index (Phi) is 2.97. The van der Waals surface area contributed by atoms with E-state index in [0.29, 0.717) is 5.89 Å². The molecule has 0 N–H and O–H groups in total. The van der Waals surface area contributed by atoms with Crippen molar-refractivity contribution < 1.29 is 9.15 Å². The van der Waals surface area contributed by atoms with Gasteiger partial charge in [-0.1, -0.05) is 6.07 Å². The number of oxazole rings is 1. The zero-order valence-electron chi connectivity index (χ0n) is 12.2. The van der Waals surface area contributed by atoms with Crippen molar-refractivity contribution in [3.63, 3.8) is 0 Å². The maximum atomic E-state index is 5.92. The van der Waals surface area contributed by atoms with Crippen LogP contribution in [0.3, 0.4) is 0 Å². The molecule has 0 amide bonds. The summed E-state index contributed by atoms with van der Waals surface area (Å²) in [5.74, 6) is 1.52. The van der Waals surface area contributed by atoms with E-state index in [1.54, 1.807) is 7.11 Å². The van der Waals surface area contributed by atoms with Crippen LogP contribution < -0.4 is 4.74 Å². The molecular formula is C17H17NO2. The fourth-order valence-corrected chi connectivity index (χ4v) is 2.51. The van der Waals surface area contributed by atoms with Gasteiger partial charge in [0.15, 0.2) is 5.58 Å². The first-order chi connectivity index (χ1) is 9.58. The Labute approximate surface area is 118 Å². The lowest BCUT2D eigenvalue weighted by molar-refractivity contribution is 0.411. The van der Waals surface area contributed by atoms with Gasteiger partial charge in [-0.05, 0) is 61.7 Å². The van der Waals surface area contributed by atoms with Gasteiger partial charge in [0.05, 0.1) is 7.11 Å². The Balaban J connectivity index is 2.15. The zero-order valence-corrected chi connectivity index (χ0v) is 12.2. The second-order valence-corrected chi connectivity index (χ2v) is 5.13. The normalized spacial score (nSPS) is 11.0. The lowest BCUT2D eigenvalue weighted by atomic mass is 10.1. The highest BCUT2D eigenvalue weighted by Gasteiger charge is 2.11. The van der Waals surface area contributed by atoms with Crippen LogP contribution in [-0.4, -0.2) is 12.1 Å². The van der Waals surface area contributed by atoms with E-state index in [0.717, 1.165) is 33.5 Å². The van der Waals surface area contributed by atoms with Crippen LogP contribution in [0.2, 0.25) is 0 Å². The van der Waals surface area contributed by atoms with Gasteiger partial charge in [0.1, 0.15) is 11.3 Å². The number of hydrogen-bond acceptors (Lipinski definition) is 3. The second-order valence-electron chi connectivity index (χ2n) is 5.13. The fraction of sp³-hybridized carbons (Fsp3) is 0.235. The molecule has 3 nitrogen and oxygen atoms in total. The van der Waals surface area contributed by atoms with Gasteiger partial charge < -0.3 is 9.15 Å². The zero-order chi connectivity index (χ0) is 14.3. The molecule has 2 aromatic carbocycles. The molecule has 20 heavy (non-hydrogen) atoms. The summed E-state index contributed by atoms with van der Waals surface area (Å²) in [4.78, 5) is 4.59. The monoisotopic (exact) mass is 267 g/mol. The van der Waals surface area contributed by atoms with Crippen molar-refractivity contribution in [2.45, 2.75) is 20.8 Å². The highest BCUT2D eigenvalue weighted by molar-refractivity contribution is 5.80. The molecule has 0 unspecified atom stereocenters. The van der Waals surface area contributed by atoms with Crippen LogP contribution in [0.5, 0.6) is 5.75 Å². The summed E-state index contributed by atoms with van der Waals surface area (Å²) in [6.45, 7) is 6.13. The highest BCUT2D eigenvalue weighted by atomic mass is 16.5. The topological polar surface area (TPSA) is 35.3 Å². The number of aryl methyl sites for hydroxylation is 3. The number of hydrogen-bond donors (Lipinski definition) is 0. The van der Waals surface area contributed by atoms with Gasteiger partial charge in [-0.2, -0.15) is 0 Å². The predicted octanol–water partition coefficient (Wildman–Crippen LogP) is 4.43. The van der Waals surface area contributed by atoms with Gasteiger partial charge in [-0.15, -0.1) is 0 Å². The number of methoxy groups -OCH3 is 1. The first-order valence-corrected chi connectivity index (χ1v) is 6.61. The van der Waals surface area contributed by atoms with Crippen LogP contribution in [0, 0.1) is 20.8 Å². The highest BCUT2D eigenvalue weighted by Crippen LogP contribution is 2.30. The summed E-state index contributed by atoms with van der Waals surface area (Å²) in [6.07, 6.45) is 0. The van der Waals surface area contributed by atoms with E-state index in [4.69, 9.17) is 9.15 Å². The standard InChI is InChI=1S/C17H17NO2/c1-10-7-12(3)16-14(8-10)18-17(20-16)13-5-6-15(19-4)11(2)9-13/h5-9H,1-4H3. The molecule has 0 aliphatic rings. The van der Waals surface area contributed by atoms with E-state index >= 15 is 0 Å². The van der Waals surface area contributed by atoms with Crippen molar-refractivity contribution in [2.24, 2.45) is 0 Å². The third-order valence-electron chi connectivity index (χ3n) is 3.46. The number of ether oxygens (including phenoxy) is 1. The van der Waals surface area contributed by atoms with Crippen LogP contribution in [0.1, 0.15) is 16.7 Å². The van der Waals surface area contributed by atoms with Crippen LogP contribution in [0.15, 0.2) is 34.7 Å². The van der Waals surface area contributed by atoms with Gasteiger partial charge in [0.2, 0.25) is 5.89 Å². The van der Waals surface area contributed by atoms with Gasteiger partial charge >= 0.3 is 0 Å². The number of aromatic nitrogens is 1. The van der Waals surface area contributed by atoms with Crippen molar-refractivity contribution >= 4 is 11.1 Å². The van der Waals surface area contributed by atoms with Gasteiger partial charge in [0, 0.05) is 5.56 Å². The van der Waals surface area contributed by atoms with E-state index in [2.05, 4.69) is 18.0 Å². The van der Waals surface area contributed by atoms with Crippen molar-refractivity contribution in [2.75, 3.05) is 7.11 Å². The average Bonchev–Trinajstić information content (AvgIpc) is 2.82. The molecule has 1 heterocycles. The lowest BCUT2D eigenvalue weighted by Gasteiger charge is -2.04. The third-order valence-corrected chi connectivity index (χ3v) is 3.46. The van der Waals surface area contributed by atoms with E-state index in [-0.39, 0.29) is 0 Å². The summed E-state index contributed by atoms with van der Waals surface area (Å²) in [6, 6.07) is 10.1. The first-order valence-electron chi connectivity index (χ1n) is 6.61. The first kappa shape index (κ1) is 12.7. The summed E-state index contributed by atoms with van der Waals surface area (Å²) >= 11 is 0. The third kappa shape index (κ3) is 2.05. The molecule has 0 aliphatic heterocycles. The molecule has 1 aromatic heterocycles. The molecule has 3 aromatic rings. The number of nitrogens with zero attached hydrogens (tertiary/aromatic N) is 1. The Bertz CT molecular complexity index is 787. The van der Waals surface area contributed by atoms with Gasteiger partial charge in [-0.25, -0.2) is 4.98 Å². The molecule has 0 bridgehead atoms. The molecule has 0 radical (unpaired) electrons. The molecule has 3 rings (SSSR count). The van der Waals surface area contributed by atoms with Crippen molar-refractivity contribution in [1.29, 1.82) is 0 Å². The van der Waals surface area contributed by atoms with E-state index in [1.165, 1.54) is 5.56 Å². The summed E-state index contributed by atoms with van der Waals surface area (Å²) in [7, 11) is 1.67. The number of rotatable bonds is 2. The second kappa shape index (κ2) is 4.67. The number of benzene rings is 2. The molecule has 3 heteroatoms. The molecular weight excluding hydrogens is 250 g/mol. The Hall–Kier alpha value is -2.29. The maximum Gasteiger partial charge on any atom is 0.227 e. The molecule has 102 valence electrons. The molecule has 0 atom stereocenters. The van der Waals surface area contributed by atoms with Crippen LogP contribution in [0.4, 0.5) is 0 Å². The molecule has 0 saturated heterocycles. The Morgan fingerprint density at radius 2 is 1.80 bits per heavy atom. The smallest absolute Gasteiger partial charge is 0.227 e. The van der Waals surface area contributed by atoms with E-state index < -0.39 is 0 Å². The summed E-state index contributed by atoms with van der Waals surface area (Å²) in [5, 5.41) is 0. The minimum Gasteiger partial charge on any atom is -0.496 e. The molecule has 0 aliphatic carbocycles. The van der Waals surface area contributed by atoms with Crippen LogP contribution in [0.25, 0.3) is 22.6 Å². The Morgan fingerprint density at radius 3 is 2.50 bits per heavy atom. The SMILES string of the molecule is COc1ccc(-c2nc3cc(C)cc(C)c3o2)cc1C. The molecule has 0 spiro atoms. The average molecular weight is 267 g/mol. The quantitative estimate of drug-likeness (QED) is 0.689. The fourth-order valence-electron chi connectivity index (χ4n) is 2.51. The molecule has 0 fully saturated rings. The maximum absolute atomic E-state index is 5.92. The van der Waals surface area contributed by atoms with Crippen LogP contribution in [-0.2, 0) is 0 Å². The largest absolute Gasteiger partial charge is 0.496 e. The van der Waals surface area contributed by atoms with Crippen LogP contribution >= 0.6 is 0 Å². The van der Waals surface area contributed by atoms with Crippen molar-refractivity contribution in [1.82, 2.24) is 4.98 Å². The predicted molar refractivity (Wildman–Crippen MR) is 80.2 cm³/mol. The molecule has 0 saturated carbocycles. The lowest BCUT2D eigenvalue weighted by Crippen LogP contribution is -1.87. The minimum absolute atomic E-state index is 0.652. The van der Waals surface area contributed by atoms with E-state index in [9.17, 15) is 0 Å². The van der Waals surface area contributed by atoms with E-state index in [1.807, 2.05) is 38.1 Å². The van der Waals surface area contributed by atoms with Crippen molar-refractivity contribution in [3.05, 3.63) is 47.0 Å². The summed E-state index contributed by atoms with van der Waals surface area (Å²) in [5.41, 5.74) is 6.12. The van der Waals surface area contributed by atoms with Gasteiger partial charge in [-0.3, -0.25) is 0 Å². The number of fused-ring (bicyclic) bond motifs is 1. The minimum atomic E-state index is 0.652. The van der Waals surface area contributed by atoms with Crippen molar-refractivity contribution in [3.8, 4) is 17.2 Å². The summed E-state index contributed by atoms with van der Waals surface area (Å²) < 4.78 is 11.2. The Morgan fingerprint density at radius 1 is 1.00 bits per heavy atom. The van der Waals surface area contributed by atoms with Gasteiger partial charge in [0.25, 0.3) is 0 Å².